The largest absolute Gasteiger partial charge is 0.350 e. The Morgan fingerprint density at radius 2 is 2.23 bits per heavy atom. The molecule has 3 rings (SSSR count). The van der Waals surface area contributed by atoms with Gasteiger partial charge >= 0.3 is 0 Å². The second-order valence-corrected chi connectivity index (χ2v) is 5.81. The number of aromatic nitrogens is 3. The van der Waals surface area contributed by atoms with E-state index in [1.807, 2.05) is 31.2 Å². The van der Waals surface area contributed by atoms with Crippen LogP contribution in [0.2, 0.25) is 0 Å². The van der Waals surface area contributed by atoms with Gasteiger partial charge in [0.15, 0.2) is 5.69 Å². The first-order valence-electron chi connectivity index (χ1n) is 7.70. The number of hydrogen-bond acceptors (Lipinski definition) is 4. The van der Waals surface area contributed by atoms with E-state index in [4.69, 9.17) is 0 Å². The second-order valence-electron chi connectivity index (χ2n) is 5.81. The molecule has 6 nitrogen and oxygen atoms in total. The molecule has 1 atom stereocenters. The Balaban J connectivity index is 1.60. The van der Waals surface area contributed by atoms with Gasteiger partial charge in [-0.1, -0.05) is 22.9 Å². The van der Waals surface area contributed by atoms with E-state index in [0.717, 1.165) is 25.2 Å². The van der Waals surface area contributed by atoms with Crippen molar-refractivity contribution >= 4 is 5.91 Å². The molecule has 1 saturated heterocycles. The van der Waals surface area contributed by atoms with Crippen LogP contribution < -0.4 is 10.6 Å². The monoisotopic (exact) mass is 299 g/mol. The van der Waals surface area contributed by atoms with Crippen LogP contribution in [0.15, 0.2) is 30.5 Å². The molecule has 2 aromatic rings. The van der Waals surface area contributed by atoms with E-state index in [1.165, 1.54) is 12.0 Å². The smallest absolute Gasteiger partial charge is 0.273 e. The van der Waals surface area contributed by atoms with E-state index < -0.39 is 0 Å². The van der Waals surface area contributed by atoms with Crippen LogP contribution in [0.25, 0.3) is 5.69 Å². The molecule has 0 bridgehead atoms. The Hall–Kier alpha value is -2.21. The van der Waals surface area contributed by atoms with Crippen LogP contribution in [0.5, 0.6) is 0 Å². The zero-order chi connectivity index (χ0) is 15.4. The third kappa shape index (κ3) is 3.51. The standard InChI is InChI=1S/C16H21N5O/c1-12-4-6-14(7-5-12)21-11-15(19-20-21)16(22)18-10-13-3-2-8-17-9-13/h4-7,11,13,17H,2-3,8-10H2,1H3,(H,18,22). The highest BCUT2D eigenvalue weighted by molar-refractivity contribution is 5.91. The van der Waals surface area contributed by atoms with Gasteiger partial charge < -0.3 is 10.6 Å². The number of carbonyl (C=O) groups excluding carboxylic acids is 1. The first-order valence-corrected chi connectivity index (χ1v) is 7.70. The maximum atomic E-state index is 12.1. The van der Waals surface area contributed by atoms with Gasteiger partial charge in [-0.25, -0.2) is 4.68 Å². The van der Waals surface area contributed by atoms with Crippen molar-refractivity contribution in [3.63, 3.8) is 0 Å². The van der Waals surface area contributed by atoms with Crippen LogP contribution in [-0.2, 0) is 0 Å². The Morgan fingerprint density at radius 1 is 1.41 bits per heavy atom. The number of benzene rings is 1. The normalized spacial score (nSPS) is 18.1. The van der Waals surface area contributed by atoms with Gasteiger partial charge in [-0.3, -0.25) is 4.79 Å². The van der Waals surface area contributed by atoms with Crippen molar-refractivity contribution in [1.82, 2.24) is 25.6 Å². The van der Waals surface area contributed by atoms with Gasteiger partial charge in [0.05, 0.1) is 11.9 Å². The minimum atomic E-state index is -0.163. The summed E-state index contributed by atoms with van der Waals surface area (Å²) >= 11 is 0. The molecule has 1 amide bonds. The molecule has 1 aliphatic heterocycles. The van der Waals surface area contributed by atoms with E-state index >= 15 is 0 Å². The SMILES string of the molecule is Cc1ccc(-n2cc(C(=O)NCC3CCCNC3)nn2)cc1. The molecule has 1 aromatic carbocycles. The molecule has 2 N–H and O–H groups in total. The summed E-state index contributed by atoms with van der Waals surface area (Å²) in [5, 5.41) is 14.3. The first kappa shape index (κ1) is 14.7. The molecule has 1 aliphatic rings. The van der Waals surface area contributed by atoms with Crippen molar-refractivity contribution < 1.29 is 4.79 Å². The second kappa shape index (κ2) is 6.70. The third-order valence-corrected chi connectivity index (χ3v) is 3.97. The minimum Gasteiger partial charge on any atom is -0.350 e. The molecule has 0 spiro atoms. The van der Waals surface area contributed by atoms with Crippen LogP contribution in [0.4, 0.5) is 0 Å². The van der Waals surface area contributed by atoms with Crippen molar-refractivity contribution in [3.05, 3.63) is 41.7 Å². The highest BCUT2D eigenvalue weighted by atomic mass is 16.2. The molecule has 1 aromatic heterocycles. The van der Waals surface area contributed by atoms with Gasteiger partial charge in [-0.15, -0.1) is 5.10 Å². The number of carbonyl (C=O) groups is 1. The minimum absolute atomic E-state index is 0.163. The van der Waals surface area contributed by atoms with Crippen molar-refractivity contribution in [2.75, 3.05) is 19.6 Å². The van der Waals surface area contributed by atoms with E-state index in [9.17, 15) is 4.79 Å². The lowest BCUT2D eigenvalue weighted by Crippen LogP contribution is -2.38. The van der Waals surface area contributed by atoms with Crippen molar-refractivity contribution in [2.24, 2.45) is 5.92 Å². The molecular weight excluding hydrogens is 278 g/mol. The average Bonchev–Trinajstić information content (AvgIpc) is 3.04. The van der Waals surface area contributed by atoms with Gasteiger partial charge in [0.2, 0.25) is 0 Å². The number of aryl methyl sites for hydroxylation is 1. The quantitative estimate of drug-likeness (QED) is 0.893. The van der Waals surface area contributed by atoms with Gasteiger partial charge in [0.25, 0.3) is 5.91 Å². The summed E-state index contributed by atoms with van der Waals surface area (Å²) in [6.45, 7) is 4.76. The molecule has 0 saturated carbocycles. The maximum Gasteiger partial charge on any atom is 0.273 e. The third-order valence-electron chi connectivity index (χ3n) is 3.97. The van der Waals surface area contributed by atoms with Gasteiger partial charge in [-0.2, -0.15) is 0 Å². The lowest BCUT2D eigenvalue weighted by molar-refractivity contribution is 0.0939. The molecule has 116 valence electrons. The summed E-state index contributed by atoms with van der Waals surface area (Å²) in [6, 6.07) is 7.93. The number of amides is 1. The van der Waals surface area contributed by atoms with Gasteiger partial charge in [0.1, 0.15) is 0 Å². The van der Waals surface area contributed by atoms with Crippen molar-refractivity contribution in [1.29, 1.82) is 0 Å². The predicted octanol–water partition coefficient (Wildman–Crippen LogP) is 1.31. The molecule has 22 heavy (non-hydrogen) atoms. The first-order chi connectivity index (χ1) is 10.7. The highest BCUT2D eigenvalue weighted by Gasteiger charge is 2.16. The highest BCUT2D eigenvalue weighted by Crippen LogP contribution is 2.10. The summed E-state index contributed by atoms with van der Waals surface area (Å²) in [5.74, 6) is 0.341. The molecular formula is C16H21N5O. The van der Waals surface area contributed by atoms with Crippen LogP contribution >= 0.6 is 0 Å². The van der Waals surface area contributed by atoms with Crippen molar-refractivity contribution in [2.45, 2.75) is 19.8 Å². The summed E-state index contributed by atoms with van der Waals surface area (Å²) in [6.07, 6.45) is 3.99. The predicted molar refractivity (Wildman–Crippen MR) is 84.0 cm³/mol. The molecule has 2 heterocycles. The van der Waals surface area contributed by atoms with E-state index in [1.54, 1.807) is 10.9 Å². The maximum absolute atomic E-state index is 12.1. The number of rotatable bonds is 4. The number of nitrogens with zero attached hydrogens (tertiary/aromatic N) is 3. The number of hydrogen-bond donors (Lipinski definition) is 2. The fraction of sp³-hybridized carbons (Fsp3) is 0.438. The molecule has 1 unspecified atom stereocenters. The Morgan fingerprint density at radius 3 is 2.95 bits per heavy atom. The molecule has 0 radical (unpaired) electrons. The number of nitrogens with one attached hydrogen (secondary N) is 2. The van der Waals surface area contributed by atoms with Crippen molar-refractivity contribution in [3.8, 4) is 5.69 Å². The van der Waals surface area contributed by atoms with E-state index in [2.05, 4.69) is 20.9 Å². The van der Waals surface area contributed by atoms with Gasteiger partial charge in [0, 0.05) is 6.54 Å². The Kier molecular flexibility index (Phi) is 4.48. The topological polar surface area (TPSA) is 71.8 Å². The molecule has 1 fully saturated rings. The summed E-state index contributed by atoms with van der Waals surface area (Å²) in [4.78, 5) is 12.1. The average molecular weight is 299 g/mol. The van der Waals surface area contributed by atoms with E-state index in [0.29, 0.717) is 18.2 Å². The fourth-order valence-corrected chi connectivity index (χ4v) is 2.62. The Labute approximate surface area is 129 Å². The lowest BCUT2D eigenvalue weighted by Gasteiger charge is -2.22. The zero-order valence-electron chi connectivity index (χ0n) is 12.7. The Bertz CT molecular complexity index is 628. The fourth-order valence-electron chi connectivity index (χ4n) is 2.62. The van der Waals surface area contributed by atoms with Crippen LogP contribution in [0.1, 0.15) is 28.9 Å². The lowest BCUT2D eigenvalue weighted by atomic mass is 10.00. The molecule has 0 aliphatic carbocycles. The zero-order valence-corrected chi connectivity index (χ0v) is 12.7. The number of piperidine rings is 1. The summed E-state index contributed by atoms with van der Waals surface area (Å²) < 4.78 is 1.62. The van der Waals surface area contributed by atoms with E-state index in [-0.39, 0.29) is 5.91 Å². The van der Waals surface area contributed by atoms with Crippen LogP contribution in [-0.4, -0.2) is 40.5 Å². The molecule has 6 heteroatoms. The van der Waals surface area contributed by atoms with Crippen LogP contribution in [0, 0.1) is 12.8 Å². The summed E-state index contributed by atoms with van der Waals surface area (Å²) in [5.41, 5.74) is 2.43. The van der Waals surface area contributed by atoms with Gasteiger partial charge in [-0.05, 0) is 50.9 Å². The van der Waals surface area contributed by atoms with Crippen LogP contribution in [0.3, 0.4) is 0 Å². The summed E-state index contributed by atoms with van der Waals surface area (Å²) in [7, 11) is 0.